The lowest BCUT2D eigenvalue weighted by molar-refractivity contribution is -0.123. The molecule has 1 saturated carbocycles. The molecule has 0 bridgehead atoms. The first-order valence-corrected chi connectivity index (χ1v) is 17.8. The van der Waals surface area contributed by atoms with Crippen LogP contribution in [-0.4, -0.2) is 68.6 Å². The number of benzene rings is 2. The highest BCUT2D eigenvalue weighted by molar-refractivity contribution is 6.09. The van der Waals surface area contributed by atoms with E-state index in [4.69, 9.17) is 9.97 Å². The lowest BCUT2D eigenvalue weighted by Gasteiger charge is -2.48. The fourth-order valence-electron chi connectivity index (χ4n) is 7.83. The number of piperidine rings is 1. The second kappa shape index (κ2) is 12.7. The number of alkyl halides is 1. The van der Waals surface area contributed by atoms with Gasteiger partial charge in [-0.3, -0.25) is 14.5 Å². The van der Waals surface area contributed by atoms with Crippen LogP contribution >= 0.6 is 0 Å². The Morgan fingerprint density at radius 3 is 2.52 bits per heavy atom. The number of fused-ring (bicyclic) bond motifs is 2. The van der Waals surface area contributed by atoms with Crippen LogP contribution in [0.3, 0.4) is 0 Å². The molecule has 1 aliphatic carbocycles. The first-order chi connectivity index (χ1) is 23.7. The molecule has 264 valence electrons. The van der Waals surface area contributed by atoms with Gasteiger partial charge in [0.2, 0.25) is 5.91 Å². The zero-order valence-electron chi connectivity index (χ0n) is 30.0. The fourth-order valence-corrected chi connectivity index (χ4v) is 7.83. The van der Waals surface area contributed by atoms with Crippen LogP contribution in [-0.2, 0) is 10.2 Å². The van der Waals surface area contributed by atoms with E-state index in [1.54, 1.807) is 13.3 Å². The van der Waals surface area contributed by atoms with Gasteiger partial charge in [0, 0.05) is 47.5 Å². The highest BCUT2D eigenvalue weighted by atomic mass is 19.1. The second-order valence-corrected chi connectivity index (χ2v) is 15.4. The summed E-state index contributed by atoms with van der Waals surface area (Å²) in [7, 11) is 0. The van der Waals surface area contributed by atoms with Crippen molar-refractivity contribution in [3.8, 4) is 11.3 Å². The number of aryl methyl sites for hydroxylation is 1. The monoisotopic (exact) mass is 683 g/mol. The van der Waals surface area contributed by atoms with Gasteiger partial charge < -0.3 is 20.1 Å². The first kappa shape index (κ1) is 34.1. The quantitative estimate of drug-likeness (QED) is 0.199. The van der Waals surface area contributed by atoms with Gasteiger partial charge in [0.15, 0.2) is 5.82 Å². The largest absolute Gasteiger partial charge is 0.350 e. The van der Waals surface area contributed by atoms with Crippen molar-refractivity contribution in [2.24, 2.45) is 0 Å². The van der Waals surface area contributed by atoms with Crippen molar-refractivity contribution in [3.05, 3.63) is 65.2 Å². The molecule has 2 fully saturated rings. The Hall–Kier alpha value is -4.38. The van der Waals surface area contributed by atoms with E-state index in [9.17, 15) is 14.0 Å². The summed E-state index contributed by atoms with van der Waals surface area (Å²) in [6.07, 6.45) is 4.13. The van der Waals surface area contributed by atoms with E-state index in [1.165, 1.54) is 12.1 Å². The van der Waals surface area contributed by atoms with Crippen molar-refractivity contribution in [1.82, 2.24) is 24.8 Å². The summed E-state index contributed by atoms with van der Waals surface area (Å²) in [5, 5.41) is 6.11. The lowest BCUT2D eigenvalue weighted by Crippen LogP contribution is -2.58. The molecule has 1 saturated heterocycles. The third kappa shape index (κ3) is 5.93. The van der Waals surface area contributed by atoms with Crippen molar-refractivity contribution in [1.29, 1.82) is 0 Å². The van der Waals surface area contributed by atoms with Gasteiger partial charge in [-0.25, -0.2) is 18.7 Å². The number of carbonyl (C=O) groups is 2. The minimum absolute atomic E-state index is 0.0456. The van der Waals surface area contributed by atoms with E-state index >= 15 is 4.39 Å². The van der Waals surface area contributed by atoms with E-state index < -0.39 is 17.4 Å². The van der Waals surface area contributed by atoms with E-state index in [0.29, 0.717) is 46.6 Å². The summed E-state index contributed by atoms with van der Waals surface area (Å²) in [5.41, 5.74) is 5.01. The Kier molecular flexibility index (Phi) is 8.69. The molecule has 1 atom stereocenters. The maximum atomic E-state index is 15.5. The Morgan fingerprint density at radius 2 is 1.82 bits per heavy atom. The van der Waals surface area contributed by atoms with Gasteiger partial charge in [0.25, 0.3) is 5.91 Å². The van der Waals surface area contributed by atoms with Crippen LogP contribution < -0.4 is 15.5 Å². The van der Waals surface area contributed by atoms with Gasteiger partial charge in [-0.1, -0.05) is 12.1 Å². The SMILES string of the molecule is Cc1cc(F)c(Nc2nc(-c3ccc4c(c3)N([C@H]3C[C@@H](N5CCC[C@@H](F)C5)C3)C(=O)C4(C)C)cc3ncn(C(C)C)c23)cc1C(=O)NC(C)C. The van der Waals surface area contributed by atoms with Crippen LogP contribution in [0.25, 0.3) is 22.3 Å². The molecule has 9 nitrogen and oxygen atoms in total. The fraction of sp³-hybridized carbons (Fsp3) is 0.487. The number of pyridine rings is 1. The number of halogens is 2. The molecule has 4 heterocycles. The highest BCUT2D eigenvalue weighted by Crippen LogP contribution is 2.48. The molecule has 4 aromatic rings. The van der Waals surface area contributed by atoms with E-state index in [-0.39, 0.29) is 41.7 Å². The predicted molar refractivity (Wildman–Crippen MR) is 193 cm³/mol. The number of hydrogen-bond donors (Lipinski definition) is 2. The summed E-state index contributed by atoms with van der Waals surface area (Å²) in [5.74, 6) is -0.298. The van der Waals surface area contributed by atoms with Crippen molar-refractivity contribution in [2.45, 2.75) is 110 Å². The van der Waals surface area contributed by atoms with Gasteiger partial charge in [-0.15, -0.1) is 0 Å². The van der Waals surface area contributed by atoms with Crippen LogP contribution in [0.4, 0.5) is 26.0 Å². The molecule has 0 radical (unpaired) electrons. The normalized spacial score (nSPS) is 21.9. The van der Waals surface area contributed by atoms with E-state index in [2.05, 4.69) is 15.5 Å². The van der Waals surface area contributed by atoms with Gasteiger partial charge in [-0.05, 0) is 116 Å². The molecule has 0 spiro atoms. The zero-order valence-corrected chi connectivity index (χ0v) is 30.0. The van der Waals surface area contributed by atoms with Crippen molar-refractivity contribution < 1.29 is 18.4 Å². The molecule has 2 aromatic heterocycles. The van der Waals surface area contributed by atoms with Gasteiger partial charge in [0.1, 0.15) is 17.5 Å². The van der Waals surface area contributed by atoms with Crippen molar-refractivity contribution in [3.63, 3.8) is 0 Å². The second-order valence-electron chi connectivity index (χ2n) is 15.4. The minimum Gasteiger partial charge on any atom is -0.350 e. The third-order valence-corrected chi connectivity index (χ3v) is 10.7. The molecule has 2 amide bonds. The number of imidazole rings is 1. The first-order valence-electron chi connectivity index (χ1n) is 17.8. The number of aromatic nitrogens is 3. The maximum absolute atomic E-state index is 15.5. The Bertz CT molecular complexity index is 1980. The van der Waals surface area contributed by atoms with E-state index in [1.807, 2.05) is 75.3 Å². The summed E-state index contributed by atoms with van der Waals surface area (Å²) >= 11 is 0. The number of amides is 2. The molecule has 2 aromatic carbocycles. The predicted octanol–water partition coefficient (Wildman–Crippen LogP) is 7.60. The number of anilines is 3. The number of likely N-dealkylation sites (tertiary alicyclic amines) is 1. The van der Waals surface area contributed by atoms with Crippen molar-refractivity contribution >= 4 is 40.0 Å². The molecule has 50 heavy (non-hydrogen) atoms. The molecule has 2 N–H and O–H groups in total. The molecule has 3 aliphatic rings. The molecule has 7 rings (SSSR count). The smallest absolute Gasteiger partial charge is 0.251 e. The summed E-state index contributed by atoms with van der Waals surface area (Å²) in [4.78, 5) is 40.9. The number of nitrogens with zero attached hydrogens (tertiary/aromatic N) is 5. The summed E-state index contributed by atoms with van der Waals surface area (Å²) in [6, 6.07) is 11.2. The number of carbonyl (C=O) groups excluding carboxylic acids is 2. The van der Waals surface area contributed by atoms with Gasteiger partial charge in [0.05, 0.1) is 28.6 Å². The van der Waals surface area contributed by atoms with Gasteiger partial charge in [-0.2, -0.15) is 0 Å². The number of nitrogens with one attached hydrogen (secondary N) is 2. The zero-order chi connectivity index (χ0) is 35.6. The molecule has 11 heteroatoms. The average molecular weight is 684 g/mol. The van der Waals surface area contributed by atoms with Crippen LogP contribution in [0.5, 0.6) is 0 Å². The Labute approximate surface area is 292 Å². The maximum Gasteiger partial charge on any atom is 0.251 e. The minimum atomic E-state index is -0.775. The topological polar surface area (TPSA) is 95.4 Å². The number of rotatable bonds is 8. The van der Waals surface area contributed by atoms with Crippen LogP contribution in [0.2, 0.25) is 0 Å². The Morgan fingerprint density at radius 1 is 1.06 bits per heavy atom. The molecular weight excluding hydrogens is 636 g/mol. The van der Waals surface area contributed by atoms with E-state index in [0.717, 1.165) is 42.6 Å². The molecular formula is C39H47F2N7O2. The van der Waals surface area contributed by atoms with Crippen LogP contribution in [0, 0.1) is 12.7 Å². The highest BCUT2D eigenvalue weighted by Gasteiger charge is 2.50. The molecule has 0 unspecified atom stereocenters. The molecule has 2 aliphatic heterocycles. The van der Waals surface area contributed by atoms with Crippen molar-refractivity contribution in [2.75, 3.05) is 23.3 Å². The van der Waals surface area contributed by atoms with Gasteiger partial charge >= 0.3 is 0 Å². The van der Waals surface area contributed by atoms with Crippen LogP contribution in [0.1, 0.15) is 94.8 Å². The Balaban J connectivity index is 1.26. The average Bonchev–Trinajstić information content (AvgIpc) is 3.55. The lowest BCUT2D eigenvalue weighted by atomic mass is 9.82. The summed E-state index contributed by atoms with van der Waals surface area (Å²) < 4.78 is 31.7. The number of hydrogen-bond acceptors (Lipinski definition) is 6. The van der Waals surface area contributed by atoms with Crippen LogP contribution in [0.15, 0.2) is 42.7 Å². The third-order valence-electron chi connectivity index (χ3n) is 10.7. The summed E-state index contributed by atoms with van der Waals surface area (Å²) in [6.45, 7) is 14.9. The standard InChI is InChI=1S/C39H47F2N7O2/c1-21(2)43-37(49)28-17-32(30(41)13-23(28)5)45-36-35-33(42-20-47(35)22(3)4)18-31(44-36)24-10-11-29-34(14-24)48(38(50)39(29,6)7)27-15-26(16-27)46-12-8-9-25(40)19-46/h10-11,13-14,17-18,20-22,25-27H,8-9,12,15-16,19H2,1-7H3,(H,43,49)(H,44,45)/t25-,26-,27+/m1/s1.